The zero-order valence-corrected chi connectivity index (χ0v) is 22.6. The van der Waals surface area contributed by atoms with Gasteiger partial charge in [0.05, 0.1) is 5.69 Å². The molecule has 0 aliphatic carbocycles. The monoisotopic (exact) mass is 545 g/mol. The van der Waals surface area contributed by atoms with E-state index in [1.165, 1.54) is 24.6 Å². The van der Waals surface area contributed by atoms with Gasteiger partial charge >= 0.3 is 0 Å². The number of hydrogen-bond acceptors (Lipinski definition) is 7. The second-order valence-electron chi connectivity index (χ2n) is 8.56. The molecule has 0 bridgehead atoms. The molecule has 0 spiro atoms. The third-order valence-electron chi connectivity index (χ3n) is 5.55. The fourth-order valence-electron chi connectivity index (χ4n) is 3.61. The smallest absolute Gasteiger partial charge is 0.279 e. The van der Waals surface area contributed by atoms with E-state index in [-0.39, 0.29) is 28.6 Å². The number of anilines is 2. The maximum absolute atomic E-state index is 12.8. The van der Waals surface area contributed by atoms with Crippen molar-refractivity contribution in [1.82, 2.24) is 0 Å². The first-order chi connectivity index (χ1) is 18.8. The van der Waals surface area contributed by atoms with Gasteiger partial charge in [-0.1, -0.05) is 49.4 Å². The Bertz CT molecular complexity index is 1370. The number of thioether (sulfide) groups is 1. The first kappa shape index (κ1) is 29.1. The summed E-state index contributed by atoms with van der Waals surface area (Å²) < 4.78 is 0. The lowest BCUT2D eigenvalue weighted by atomic mass is 10.1. The van der Waals surface area contributed by atoms with Crippen LogP contribution in [0.15, 0.2) is 101 Å². The summed E-state index contributed by atoms with van der Waals surface area (Å²) in [5.74, 6) is -1.12. The standard InChI is InChI=1S/C29H31N5O4S/c1-3-25(20-9-5-4-6-10-20)39-16-15-26(36)31-22-12-8-13-23(18-22)32-29(38)27(19(2)35)34-33-24-14-7-11-21(17-24)28(30)37/h4-14,17-18,25,35H,3,15-16H2,1-2H3,(H2,30,37)(H,31,36)(H,32,38). The minimum absolute atomic E-state index is 0.132. The molecule has 0 saturated heterocycles. The van der Waals surface area contributed by atoms with Gasteiger partial charge in [0, 0.05) is 34.4 Å². The Labute approximate surface area is 231 Å². The van der Waals surface area contributed by atoms with Crippen molar-refractivity contribution in [3.8, 4) is 0 Å². The summed E-state index contributed by atoms with van der Waals surface area (Å²) >= 11 is 1.75. The second-order valence-corrected chi connectivity index (χ2v) is 9.87. The van der Waals surface area contributed by atoms with Crippen molar-refractivity contribution in [3.05, 3.63) is 101 Å². The molecule has 5 N–H and O–H groups in total. The van der Waals surface area contributed by atoms with Crippen LogP contribution in [0.3, 0.4) is 0 Å². The average Bonchev–Trinajstić information content (AvgIpc) is 2.92. The van der Waals surface area contributed by atoms with Crippen molar-refractivity contribution in [3.63, 3.8) is 0 Å². The van der Waals surface area contributed by atoms with Gasteiger partial charge in [0.25, 0.3) is 5.91 Å². The van der Waals surface area contributed by atoms with E-state index in [0.29, 0.717) is 28.8 Å². The summed E-state index contributed by atoms with van der Waals surface area (Å²) in [7, 11) is 0. The van der Waals surface area contributed by atoms with Crippen molar-refractivity contribution in [1.29, 1.82) is 0 Å². The molecule has 0 heterocycles. The molecule has 0 aromatic heterocycles. The molecule has 3 amide bonds. The highest BCUT2D eigenvalue weighted by Gasteiger charge is 2.15. The van der Waals surface area contributed by atoms with Crippen LogP contribution >= 0.6 is 11.8 Å². The summed E-state index contributed by atoms with van der Waals surface area (Å²) in [6.07, 6.45) is 1.32. The number of nitrogens with one attached hydrogen (secondary N) is 2. The van der Waals surface area contributed by atoms with E-state index >= 15 is 0 Å². The van der Waals surface area contributed by atoms with E-state index in [1.807, 2.05) is 18.2 Å². The number of amides is 3. The number of carbonyl (C=O) groups is 3. The minimum Gasteiger partial charge on any atom is -0.510 e. The van der Waals surface area contributed by atoms with Crippen LogP contribution < -0.4 is 16.4 Å². The topological polar surface area (TPSA) is 146 Å². The molecule has 0 saturated carbocycles. The third-order valence-corrected chi connectivity index (χ3v) is 7.00. The van der Waals surface area contributed by atoms with Gasteiger partial charge in [-0.2, -0.15) is 16.9 Å². The minimum atomic E-state index is -0.698. The quantitative estimate of drug-likeness (QED) is 0.116. The van der Waals surface area contributed by atoms with Gasteiger partial charge in [0.15, 0.2) is 5.70 Å². The Hall–Kier alpha value is -4.44. The Morgan fingerprint density at radius 3 is 2.31 bits per heavy atom. The Morgan fingerprint density at radius 2 is 1.64 bits per heavy atom. The molecule has 39 heavy (non-hydrogen) atoms. The highest BCUT2D eigenvalue weighted by atomic mass is 32.2. The molecular formula is C29H31N5O4S. The second kappa shape index (κ2) is 14.5. The van der Waals surface area contributed by atoms with E-state index in [2.05, 4.69) is 39.9 Å². The van der Waals surface area contributed by atoms with Crippen LogP contribution in [0.5, 0.6) is 0 Å². The molecular weight excluding hydrogens is 514 g/mol. The highest BCUT2D eigenvalue weighted by Crippen LogP contribution is 2.32. The highest BCUT2D eigenvalue weighted by molar-refractivity contribution is 7.99. The molecule has 3 aromatic rings. The molecule has 3 rings (SSSR count). The van der Waals surface area contributed by atoms with Crippen molar-refractivity contribution in [2.75, 3.05) is 16.4 Å². The van der Waals surface area contributed by atoms with E-state index < -0.39 is 11.8 Å². The van der Waals surface area contributed by atoms with Gasteiger partial charge < -0.3 is 21.5 Å². The lowest BCUT2D eigenvalue weighted by molar-refractivity contribution is -0.116. The maximum Gasteiger partial charge on any atom is 0.279 e. The van der Waals surface area contributed by atoms with Crippen LogP contribution in [0.4, 0.5) is 17.1 Å². The number of aliphatic hydroxyl groups excluding tert-OH is 1. The summed E-state index contributed by atoms with van der Waals surface area (Å²) in [4.78, 5) is 36.7. The number of carbonyl (C=O) groups excluding carboxylic acids is 3. The first-order valence-corrected chi connectivity index (χ1v) is 13.4. The van der Waals surface area contributed by atoms with Crippen LogP contribution in [0.25, 0.3) is 0 Å². The molecule has 9 nitrogen and oxygen atoms in total. The van der Waals surface area contributed by atoms with Crippen molar-refractivity contribution in [2.45, 2.75) is 31.9 Å². The molecule has 202 valence electrons. The van der Waals surface area contributed by atoms with Gasteiger partial charge in [-0.25, -0.2) is 0 Å². The molecule has 0 aliphatic heterocycles. The predicted octanol–water partition coefficient (Wildman–Crippen LogP) is 6.51. The van der Waals surface area contributed by atoms with Gasteiger partial charge in [0.2, 0.25) is 11.8 Å². The first-order valence-electron chi connectivity index (χ1n) is 12.4. The van der Waals surface area contributed by atoms with Gasteiger partial charge in [-0.05, 0) is 55.3 Å². The van der Waals surface area contributed by atoms with Crippen LogP contribution in [0.2, 0.25) is 0 Å². The molecule has 0 aliphatic rings. The lowest BCUT2D eigenvalue weighted by Crippen LogP contribution is -2.16. The van der Waals surface area contributed by atoms with E-state index in [1.54, 1.807) is 48.2 Å². The van der Waals surface area contributed by atoms with E-state index in [4.69, 9.17) is 5.73 Å². The van der Waals surface area contributed by atoms with Crippen LogP contribution in [0, 0.1) is 0 Å². The fraction of sp³-hybridized carbons (Fsp3) is 0.207. The number of benzene rings is 3. The van der Waals surface area contributed by atoms with Crippen molar-refractivity contribution >= 4 is 46.5 Å². The van der Waals surface area contributed by atoms with Crippen LogP contribution in [-0.2, 0) is 9.59 Å². The predicted molar refractivity (Wildman–Crippen MR) is 155 cm³/mol. The van der Waals surface area contributed by atoms with Crippen LogP contribution in [-0.4, -0.2) is 28.6 Å². The maximum atomic E-state index is 12.8. The molecule has 1 atom stereocenters. The SMILES string of the molecule is CCC(SCCC(=O)Nc1cccc(NC(=O)C(N=Nc2cccc(C(N)=O)c2)=C(C)O)c1)c1ccccc1. The Balaban J connectivity index is 1.57. The Morgan fingerprint density at radius 1 is 0.949 bits per heavy atom. The summed E-state index contributed by atoms with van der Waals surface area (Å²) in [5, 5.41) is 23.6. The molecule has 0 radical (unpaired) electrons. The van der Waals surface area contributed by atoms with Gasteiger partial charge in [-0.3, -0.25) is 14.4 Å². The van der Waals surface area contributed by atoms with Crippen molar-refractivity contribution in [2.24, 2.45) is 16.0 Å². The zero-order chi connectivity index (χ0) is 28.2. The molecule has 1 unspecified atom stereocenters. The third kappa shape index (κ3) is 9.11. The van der Waals surface area contributed by atoms with Gasteiger partial charge in [-0.15, -0.1) is 5.11 Å². The number of aliphatic hydroxyl groups is 1. The zero-order valence-electron chi connectivity index (χ0n) is 21.8. The number of azo groups is 1. The molecule has 0 fully saturated rings. The normalized spacial score (nSPS) is 12.5. The largest absolute Gasteiger partial charge is 0.510 e. The van der Waals surface area contributed by atoms with E-state index in [9.17, 15) is 19.5 Å². The molecule has 3 aromatic carbocycles. The lowest BCUT2D eigenvalue weighted by Gasteiger charge is -2.15. The summed E-state index contributed by atoms with van der Waals surface area (Å²) in [6.45, 7) is 3.44. The van der Waals surface area contributed by atoms with Crippen LogP contribution in [0.1, 0.15) is 47.9 Å². The molecule has 10 heteroatoms. The average molecular weight is 546 g/mol. The number of hydrogen-bond donors (Lipinski definition) is 4. The van der Waals surface area contributed by atoms with Crippen molar-refractivity contribution < 1.29 is 19.5 Å². The van der Waals surface area contributed by atoms with Gasteiger partial charge in [0.1, 0.15) is 5.76 Å². The summed E-state index contributed by atoms with van der Waals surface area (Å²) in [6, 6.07) is 23.0. The number of primary amides is 1. The fourth-order valence-corrected chi connectivity index (χ4v) is 4.78. The van der Waals surface area contributed by atoms with E-state index in [0.717, 1.165) is 6.42 Å². The number of allylic oxidation sites excluding steroid dienone is 1. The number of nitrogens with zero attached hydrogens (tertiary/aromatic N) is 2. The Kier molecular flexibility index (Phi) is 10.8. The number of nitrogens with two attached hydrogens (primary N) is 1. The number of rotatable bonds is 12. The summed E-state index contributed by atoms with van der Waals surface area (Å²) in [5.41, 5.74) is 7.66.